The summed E-state index contributed by atoms with van der Waals surface area (Å²) in [6.07, 6.45) is 0.494. The maximum absolute atomic E-state index is 12.1. The molecule has 0 atom stereocenters. The largest absolute Gasteiger partial charge is 0.395 e. The zero-order valence-electron chi connectivity index (χ0n) is 12.3. The zero-order valence-corrected chi connectivity index (χ0v) is 13.2. The lowest BCUT2D eigenvalue weighted by atomic mass is 10.3. The van der Waals surface area contributed by atoms with Crippen molar-refractivity contribution in [1.82, 2.24) is 9.80 Å². The Hall–Kier alpha value is -1.51. The van der Waals surface area contributed by atoms with Crippen molar-refractivity contribution >= 4 is 17.4 Å². The number of aliphatic hydroxyl groups excluding tert-OH is 1. The van der Waals surface area contributed by atoms with Crippen LogP contribution in [0.2, 0.25) is 0 Å². The first-order valence-corrected chi connectivity index (χ1v) is 7.67. The van der Waals surface area contributed by atoms with Crippen LogP contribution in [0.4, 0.5) is 4.79 Å². The lowest BCUT2D eigenvalue weighted by molar-refractivity contribution is 0.165. The van der Waals surface area contributed by atoms with E-state index >= 15 is 0 Å². The van der Waals surface area contributed by atoms with Gasteiger partial charge in [-0.05, 0) is 30.9 Å². The molecule has 4 nitrogen and oxygen atoms in total. The molecule has 1 heterocycles. The first kappa shape index (κ1) is 16.5. The van der Waals surface area contributed by atoms with Crippen molar-refractivity contribution in [2.45, 2.75) is 26.8 Å². The lowest BCUT2D eigenvalue weighted by Crippen LogP contribution is -2.40. The second-order valence-corrected chi connectivity index (χ2v) is 5.32. The van der Waals surface area contributed by atoms with E-state index in [1.807, 2.05) is 32.3 Å². The fourth-order valence-electron chi connectivity index (χ4n) is 1.81. The number of urea groups is 1. The Kier molecular flexibility index (Phi) is 7.13. The van der Waals surface area contributed by atoms with Gasteiger partial charge in [0, 0.05) is 33.1 Å². The molecule has 0 radical (unpaired) electrons. The molecule has 1 aromatic rings. The number of aliphatic hydroxyl groups is 1. The van der Waals surface area contributed by atoms with Crippen molar-refractivity contribution in [2.24, 2.45) is 0 Å². The van der Waals surface area contributed by atoms with Crippen LogP contribution in [-0.4, -0.2) is 47.7 Å². The number of rotatable bonds is 5. The Bertz CT molecular complexity index is 484. The number of thiophene rings is 1. The van der Waals surface area contributed by atoms with Crippen LogP contribution in [0.5, 0.6) is 0 Å². The van der Waals surface area contributed by atoms with E-state index < -0.39 is 0 Å². The van der Waals surface area contributed by atoms with Gasteiger partial charge in [0.05, 0.1) is 11.5 Å². The van der Waals surface area contributed by atoms with Gasteiger partial charge >= 0.3 is 6.03 Å². The van der Waals surface area contributed by atoms with Crippen molar-refractivity contribution in [3.63, 3.8) is 0 Å². The van der Waals surface area contributed by atoms with Crippen LogP contribution in [0.1, 0.15) is 30.7 Å². The molecule has 5 heteroatoms. The van der Waals surface area contributed by atoms with E-state index in [1.165, 1.54) is 0 Å². The predicted octanol–water partition coefficient (Wildman–Crippen LogP) is 2.38. The Morgan fingerprint density at radius 1 is 1.40 bits per heavy atom. The third-order valence-electron chi connectivity index (χ3n) is 2.88. The van der Waals surface area contributed by atoms with Gasteiger partial charge in [0.25, 0.3) is 0 Å². The van der Waals surface area contributed by atoms with Crippen molar-refractivity contribution in [2.75, 3.05) is 26.7 Å². The van der Waals surface area contributed by atoms with Gasteiger partial charge in [0.2, 0.25) is 0 Å². The molecule has 110 valence electrons. The van der Waals surface area contributed by atoms with Gasteiger partial charge in [-0.1, -0.05) is 11.8 Å². The smallest absolute Gasteiger partial charge is 0.320 e. The molecule has 0 aromatic carbocycles. The average molecular weight is 294 g/mol. The molecule has 1 aromatic heterocycles. The highest BCUT2D eigenvalue weighted by Gasteiger charge is 2.15. The van der Waals surface area contributed by atoms with E-state index in [0.29, 0.717) is 13.0 Å². The van der Waals surface area contributed by atoms with Crippen molar-refractivity contribution < 1.29 is 9.90 Å². The van der Waals surface area contributed by atoms with Gasteiger partial charge in [-0.25, -0.2) is 4.79 Å². The molecule has 0 fully saturated rings. The summed E-state index contributed by atoms with van der Waals surface area (Å²) >= 11 is 1.57. The number of carbonyl (C=O) groups excluding carboxylic acids is 1. The Morgan fingerprint density at radius 3 is 2.70 bits per heavy atom. The van der Waals surface area contributed by atoms with Gasteiger partial charge in [-0.3, -0.25) is 0 Å². The third-order valence-corrected chi connectivity index (χ3v) is 3.78. The Morgan fingerprint density at radius 2 is 2.10 bits per heavy atom. The molecule has 2 amide bonds. The first-order chi connectivity index (χ1) is 9.62. The standard InChI is InChI=1S/C15H22N2O2S/c1-4-17(5-2)15(19)16(3)11-13-10-14(20-12-13)8-6-7-9-18/h10,12,18H,4-5,7,9,11H2,1-3H3. The van der Waals surface area contributed by atoms with Gasteiger partial charge in [0.1, 0.15) is 0 Å². The van der Waals surface area contributed by atoms with Gasteiger partial charge < -0.3 is 14.9 Å². The predicted molar refractivity (Wildman–Crippen MR) is 82.7 cm³/mol. The van der Waals surface area contributed by atoms with Crippen LogP contribution < -0.4 is 0 Å². The van der Waals surface area contributed by atoms with Crippen molar-refractivity contribution in [3.05, 3.63) is 21.9 Å². The second-order valence-electron chi connectivity index (χ2n) is 4.41. The SMILES string of the molecule is CCN(CC)C(=O)N(C)Cc1csc(C#CCCO)c1. The van der Waals surface area contributed by atoms with E-state index in [1.54, 1.807) is 21.1 Å². The number of amides is 2. The molecule has 0 aliphatic heterocycles. The second kappa shape index (κ2) is 8.62. The third kappa shape index (κ3) is 4.87. The molecule has 0 saturated heterocycles. The number of nitrogens with zero attached hydrogens (tertiary/aromatic N) is 2. The molecule has 1 rings (SSSR count). The van der Waals surface area contributed by atoms with E-state index in [4.69, 9.17) is 5.11 Å². The molecule has 0 aliphatic rings. The highest BCUT2D eigenvalue weighted by Crippen LogP contribution is 2.15. The fourth-order valence-corrected chi connectivity index (χ4v) is 2.58. The van der Waals surface area contributed by atoms with Gasteiger partial charge in [-0.15, -0.1) is 11.3 Å². The Balaban J connectivity index is 2.61. The number of hydrogen-bond acceptors (Lipinski definition) is 3. The van der Waals surface area contributed by atoms with Crippen LogP contribution in [0.3, 0.4) is 0 Å². The maximum atomic E-state index is 12.1. The summed E-state index contributed by atoms with van der Waals surface area (Å²) in [5, 5.41) is 10.7. The minimum atomic E-state index is 0.0501. The summed E-state index contributed by atoms with van der Waals surface area (Å²) in [4.78, 5) is 16.6. The lowest BCUT2D eigenvalue weighted by Gasteiger charge is -2.25. The van der Waals surface area contributed by atoms with Crippen LogP contribution >= 0.6 is 11.3 Å². The van der Waals surface area contributed by atoms with Crippen molar-refractivity contribution in [3.8, 4) is 11.8 Å². The van der Waals surface area contributed by atoms with Gasteiger partial charge in [0.15, 0.2) is 0 Å². The number of hydrogen-bond donors (Lipinski definition) is 1. The van der Waals surface area contributed by atoms with Crippen LogP contribution in [0, 0.1) is 11.8 Å². The molecular weight excluding hydrogens is 272 g/mol. The molecular formula is C15H22N2O2S. The summed E-state index contributed by atoms with van der Waals surface area (Å²) in [7, 11) is 1.81. The number of carbonyl (C=O) groups is 1. The van der Waals surface area contributed by atoms with Crippen LogP contribution in [0.15, 0.2) is 11.4 Å². The summed E-state index contributed by atoms with van der Waals surface area (Å²) in [5.41, 5.74) is 1.09. The molecule has 0 bridgehead atoms. The maximum Gasteiger partial charge on any atom is 0.320 e. The summed E-state index contributed by atoms with van der Waals surface area (Å²) in [6.45, 7) is 6.09. The van der Waals surface area contributed by atoms with E-state index in [9.17, 15) is 4.79 Å². The molecule has 20 heavy (non-hydrogen) atoms. The topological polar surface area (TPSA) is 43.8 Å². The van der Waals surface area contributed by atoms with Crippen molar-refractivity contribution in [1.29, 1.82) is 0 Å². The molecule has 0 saturated carbocycles. The van der Waals surface area contributed by atoms with Crippen LogP contribution in [-0.2, 0) is 6.54 Å². The molecule has 0 aliphatic carbocycles. The zero-order chi connectivity index (χ0) is 15.0. The van der Waals surface area contributed by atoms with E-state index in [2.05, 4.69) is 11.8 Å². The van der Waals surface area contributed by atoms with E-state index in [0.717, 1.165) is 23.5 Å². The quantitative estimate of drug-likeness (QED) is 0.847. The minimum Gasteiger partial charge on any atom is -0.395 e. The van der Waals surface area contributed by atoms with E-state index in [-0.39, 0.29) is 12.6 Å². The molecule has 0 spiro atoms. The monoisotopic (exact) mass is 294 g/mol. The minimum absolute atomic E-state index is 0.0501. The highest BCUT2D eigenvalue weighted by atomic mass is 32.1. The molecule has 0 unspecified atom stereocenters. The molecule has 1 N–H and O–H groups in total. The summed E-state index contributed by atoms with van der Waals surface area (Å²) in [6, 6.07) is 2.05. The highest BCUT2D eigenvalue weighted by molar-refractivity contribution is 7.10. The summed E-state index contributed by atoms with van der Waals surface area (Å²) < 4.78 is 0. The summed E-state index contributed by atoms with van der Waals surface area (Å²) in [5.74, 6) is 5.91. The Labute approximate surface area is 125 Å². The normalized spacial score (nSPS) is 9.80. The average Bonchev–Trinajstić information content (AvgIpc) is 2.88. The fraction of sp³-hybridized carbons (Fsp3) is 0.533. The first-order valence-electron chi connectivity index (χ1n) is 6.79. The van der Waals surface area contributed by atoms with Crippen LogP contribution in [0.25, 0.3) is 0 Å². The van der Waals surface area contributed by atoms with Gasteiger partial charge in [-0.2, -0.15) is 0 Å².